The first-order valence-electron chi connectivity index (χ1n) is 6.69. The molecule has 3 rings (SSSR count). The lowest BCUT2D eigenvalue weighted by atomic mass is 9.78. The number of hydrogen-bond acceptors (Lipinski definition) is 3. The first-order chi connectivity index (χ1) is 9.23. The van der Waals surface area contributed by atoms with Crippen LogP contribution in [0.4, 0.5) is 0 Å². The molecule has 2 aromatic rings. The molecule has 20 heavy (non-hydrogen) atoms. The van der Waals surface area contributed by atoms with E-state index in [-0.39, 0.29) is 11.2 Å². The van der Waals surface area contributed by atoms with Gasteiger partial charge in [-0.25, -0.2) is 0 Å². The summed E-state index contributed by atoms with van der Waals surface area (Å²) in [7, 11) is 1.49. The summed E-state index contributed by atoms with van der Waals surface area (Å²) >= 11 is 6.23. The second-order valence-corrected chi connectivity index (χ2v) is 6.66. The number of halogens is 1. The summed E-state index contributed by atoms with van der Waals surface area (Å²) in [5, 5.41) is 5.89. The fourth-order valence-corrected chi connectivity index (χ4v) is 2.65. The second-order valence-electron chi connectivity index (χ2n) is 6.26. The van der Waals surface area contributed by atoms with Crippen LogP contribution in [0.3, 0.4) is 0 Å². The zero-order valence-electron chi connectivity index (χ0n) is 12.4. The van der Waals surface area contributed by atoms with Crippen LogP contribution < -0.4 is 5.46 Å². The minimum absolute atomic E-state index is 0.359. The van der Waals surface area contributed by atoms with Crippen LogP contribution in [0.5, 0.6) is 0 Å². The highest BCUT2D eigenvalue weighted by Gasteiger charge is 2.52. The molecule has 1 aliphatic rings. The molecular formula is C14H18BClN2O2. The number of rotatable bonds is 1. The molecule has 4 nitrogen and oxygen atoms in total. The van der Waals surface area contributed by atoms with Crippen LogP contribution in [0, 0.1) is 0 Å². The Bertz CT molecular complexity index is 665. The molecule has 2 heterocycles. The van der Waals surface area contributed by atoms with E-state index >= 15 is 0 Å². The van der Waals surface area contributed by atoms with Gasteiger partial charge in [0.15, 0.2) is 0 Å². The molecule has 1 aromatic carbocycles. The maximum absolute atomic E-state index is 6.23. The lowest BCUT2D eigenvalue weighted by Gasteiger charge is -2.32. The zero-order chi connectivity index (χ0) is 14.7. The van der Waals surface area contributed by atoms with Gasteiger partial charge >= 0.3 is 7.12 Å². The van der Waals surface area contributed by atoms with Crippen molar-refractivity contribution >= 4 is 35.1 Å². The maximum atomic E-state index is 6.23. The van der Waals surface area contributed by atoms with E-state index in [0.717, 1.165) is 16.4 Å². The van der Waals surface area contributed by atoms with E-state index in [2.05, 4.69) is 5.10 Å². The summed E-state index contributed by atoms with van der Waals surface area (Å²) in [6, 6.07) is 3.82. The molecule has 0 unspecified atom stereocenters. The van der Waals surface area contributed by atoms with Gasteiger partial charge in [0.05, 0.1) is 27.9 Å². The van der Waals surface area contributed by atoms with Crippen molar-refractivity contribution in [2.24, 2.45) is 7.05 Å². The molecule has 0 saturated carbocycles. The van der Waals surface area contributed by atoms with E-state index in [1.54, 1.807) is 6.20 Å². The van der Waals surface area contributed by atoms with E-state index < -0.39 is 7.12 Å². The third-order valence-electron chi connectivity index (χ3n) is 4.39. The standard InChI is InChI=1S/C14H18BClN2O2/c1-13(2)14(3,4)20-15(19-13)10-6-7-11(16)9-8-17-18(5)12(9)10/h6-8H,1-5H3. The van der Waals surface area contributed by atoms with Crippen molar-refractivity contribution in [3.05, 3.63) is 23.4 Å². The normalized spacial score (nSPS) is 20.8. The van der Waals surface area contributed by atoms with E-state index in [0.29, 0.717) is 5.02 Å². The van der Waals surface area contributed by atoms with Crippen molar-refractivity contribution in [2.45, 2.75) is 38.9 Å². The molecule has 0 atom stereocenters. The minimum Gasteiger partial charge on any atom is -0.399 e. The highest BCUT2D eigenvalue weighted by Crippen LogP contribution is 2.37. The Kier molecular flexibility index (Phi) is 2.94. The van der Waals surface area contributed by atoms with Crippen molar-refractivity contribution in [2.75, 3.05) is 0 Å². The van der Waals surface area contributed by atoms with Gasteiger partial charge < -0.3 is 9.31 Å². The predicted octanol–water partition coefficient (Wildman–Crippen LogP) is 2.53. The molecule has 0 spiro atoms. The van der Waals surface area contributed by atoms with E-state index in [1.807, 2.05) is 51.6 Å². The van der Waals surface area contributed by atoms with Crippen LogP contribution >= 0.6 is 11.6 Å². The van der Waals surface area contributed by atoms with Crippen LogP contribution in [0.2, 0.25) is 5.02 Å². The van der Waals surface area contributed by atoms with Gasteiger partial charge in [-0.1, -0.05) is 17.7 Å². The summed E-state index contributed by atoms with van der Waals surface area (Å²) in [4.78, 5) is 0. The molecule has 0 radical (unpaired) electrons. The molecule has 6 heteroatoms. The largest absolute Gasteiger partial charge is 0.497 e. The molecule has 0 aliphatic carbocycles. The number of fused-ring (bicyclic) bond motifs is 1. The highest BCUT2D eigenvalue weighted by atomic mass is 35.5. The molecule has 1 aromatic heterocycles. The average Bonchev–Trinajstić information content (AvgIpc) is 2.80. The van der Waals surface area contributed by atoms with E-state index in [9.17, 15) is 0 Å². The summed E-state index contributed by atoms with van der Waals surface area (Å²) in [6.07, 6.45) is 1.77. The molecule has 0 N–H and O–H groups in total. The molecule has 1 saturated heterocycles. The molecule has 106 valence electrons. The van der Waals surface area contributed by atoms with Gasteiger partial charge in [-0.3, -0.25) is 4.68 Å². The molecule has 1 fully saturated rings. The zero-order valence-corrected chi connectivity index (χ0v) is 13.2. The second kappa shape index (κ2) is 4.23. The van der Waals surface area contributed by atoms with Gasteiger partial charge in [-0.15, -0.1) is 0 Å². The van der Waals surface area contributed by atoms with Crippen LogP contribution in [0.15, 0.2) is 18.3 Å². The maximum Gasteiger partial charge on any atom is 0.497 e. The van der Waals surface area contributed by atoms with Crippen LogP contribution in [0.1, 0.15) is 27.7 Å². The first kappa shape index (κ1) is 13.9. The number of nitrogens with zero attached hydrogens (tertiary/aromatic N) is 2. The third-order valence-corrected chi connectivity index (χ3v) is 4.72. The monoisotopic (exact) mass is 292 g/mol. The molecular weight excluding hydrogens is 274 g/mol. The Balaban J connectivity index is 2.13. The summed E-state index contributed by atoms with van der Waals surface area (Å²) in [5.74, 6) is 0. The lowest BCUT2D eigenvalue weighted by molar-refractivity contribution is 0.00578. The van der Waals surface area contributed by atoms with E-state index in [1.165, 1.54) is 0 Å². The van der Waals surface area contributed by atoms with Crippen molar-refractivity contribution in [3.63, 3.8) is 0 Å². The smallest absolute Gasteiger partial charge is 0.399 e. The number of aromatic nitrogens is 2. The number of benzene rings is 1. The molecule has 0 amide bonds. The highest BCUT2D eigenvalue weighted by molar-refractivity contribution is 6.65. The van der Waals surface area contributed by atoms with Crippen molar-refractivity contribution in [1.29, 1.82) is 0 Å². The van der Waals surface area contributed by atoms with Gasteiger partial charge in [0.2, 0.25) is 0 Å². The fraction of sp³-hybridized carbons (Fsp3) is 0.500. The van der Waals surface area contributed by atoms with Gasteiger partial charge in [-0.05, 0) is 33.8 Å². The van der Waals surface area contributed by atoms with Crippen LogP contribution in [0.25, 0.3) is 10.9 Å². The molecule has 0 bridgehead atoms. The average molecular weight is 293 g/mol. The topological polar surface area (TPSA) is 36.3 Å². The Morgan fingerprint density at radius 3 is 2.35 bits per heavy atom. The Labute approximate surface area is 124 Å². The Morgan fingerprint density at radius 2 is 1.75 bits per heavy atom. The third kappa shape index (κ3) is 1.88. The van der Waals surface area contributed by atoms with Crippen molar-refractivity contribution in [3.8, 4) is 0 Å². The van der Waals surface area contributed by atoms with Crippen molar-refractivity contribution < 1.29 is 9.31 Å². The van der Waals surface area contributed by atoms with Crippen LogP contribution in [-0.2, 0) is 16.4 Å². The molecule has 1 aliphatic heterocycles. The quantitative estimate of drug-likeness (QED) is 0.758. The van der Waals surface area contributed by atoms with Gasteiger partial charge in [0.1, 0.15) is 0 Å². The summed E-state index contributed by atoms with van der Waals surface area (Å²) in [5.41, 5.74) is 1.20. The van der Waals surface area contributed by atoms with Gasteiger partial charge in [-0.2, -0.15) is 5.10 Å². The number of aryl methyl sites for hydroxylation is 1. The van der Waals surface area contributed by atoms with Crippen LogP contribution in [-0.4, -0.2) is 28.1 Å². The Morgan fingerprint density at radius 1 is 1.15 bits per heavy atom. The van der Waals surface area contributed by atoms with Gasteiger partial charge in [0, 0.05) is 17.9 Å². The Hall–Kier alpha value is -1.04. The fourth-order valence-electron chi connectivity index (χ4n) is 2.45. The predicted molar refractivity (Wildman–Crippen MR) is 81.4 cm³/mol. The SMILES string of the molecule is Cn1ncc2c(Cl)ccc(B3OC(C)(C)C(C)(C)O3)c21. The van der Waals surface area contributed by atoms with Crippen molar-refractivity contribution in [1.82, 2.24) is 9.78 Å². The summed E-state index contributed by atoms with van der Waals surface area (Å²) < 4.78 is 14.0. The van der Waals surface area contributed by atoms with E-state index in [4.69, 9.17) is 20.9 Å². The first-order valence-corrected chi connectivity index (χ1v) is 7.06. The lowest BCUT2D eigenvalue weighted by Crippen LogP contribution is -2.41. The summed E-state index contributed by atoms with van der Waals surface area (Å²) in [6.45, 7) is 8.18. The number of hydrogen-bond donors (Lipinski definition) is 0. The minimum atomic E-state index is -0.407. The van der Waals surface area contributed by atoms with Gasteiger partial charge in [0.25, 0.3) is 0 Å².